The molecule has 1 unspecified atom stereocenters. The van der Waals surface area contributed by atoms with Crippen LogP contribution in [-0.2, 0) is 36.0 Å². The molecule has 3 N–H and O–H groups in total. The molecule has 2 atom stereocenters. The fraction of sp³-hybridized carbons (Fsp3) is 0.407. The number of rotatable bonds is 19. The number of nitrogens with one attached hydrogen (secondary N) is 3. The molecule has 81 heavy (non-hydrogen) atoms. The van der Waals surface area contributed by atoms with Gasteiger partial charge in [-0.2, -0.15) is 13.2 Å². The van der Waals surface area contributed by atoms with E-state index in [1.54, 1.807) is 18.2 Å². The zero-order valence-electron chi connectivity index (χ0n) is 45.1. The highest BCUT2D eigenvalue weighted by Crippen LogP contribution is 2.43. The van der Waals surface area contributed by atoms with Crippen LogP contribution >= 0.6 is 23.4 Å². The third-order valence-electron chi connectivity index (χ3n) is 15.7. The van der Waals surface area contributed by atoms with E-state index in [9.17, 15) is 48.8 Å². The van der Waals surface area contributed by atoms with Crippen molar-refractivity contribution in [1.82, 2.24) is 24.7 Å². The second-order valence-electron chi connectivity index (χ2n) is 22.0. The summed E-state index contributed by atoms with van der Waals surface area (Å²) in [4.78, 5) is 45.7. The van der Waals surface area contributed by atoms with Gasteiger partial charge in [0.05, 0.1) is 16.5 Å². The first-order chi connectivity index (χ1) is 38.5. The van der Waals surface area contributed by atoms with Crippen molar-refractivity contribution in [1.29, 1.82) is 0 Å². The lowest BCUT2D eigenvalue weighted by Gasteiger charge is -2.39. The lowest BCUT2D eigenvalue weighted by Crippen LogP contribution is -2.47. The zero-order chi connectivity index (χ0) is 57.7. The number of hydrogen-bond donors (Lipinski definition) is 3. The van der Waals surface area contributed by atoms with E-state index in [-0.39, 0.29) is 35.5 Å². The Bertz CT molecular complexity index is 3360. The van der Waals surface area contributed by atoms with Crippen molar-refractivity contribution < 1.29 is 48.8 Å². The molecule has 4 aliphatic rings. The number of anilines is 2. The maximum atomic E-state index is 14.5. The number of benzene rings is 5. The van der Waals surface area contributed by atoms with E-state index in [0.29, 0.717) is 75.4 Å². The number of allylic oxidation sites excluding steroid dienone is 1. The van der Waals surface area contributed by atoms with Crippen LogP contribution in [0.3, 0.4) is 0 Å². The van der Waals surface area contributed by atoms with Crippen molar-refractivity contribution in [2.75, 3.05) is 81.4 Å². The Labute approximate surface area is 480 Å². The van der Waals surface area contributed by atoms with Gasteiger partial charge in [0, 0.05) is 111 Å². The van der Waals surface area contributed by atoms with Gasteiger partial charge in [-0.1, -0.05) is 67.4 Å². The summed E-state index contributed by atoms with van der Waals surface area (Å²) in [6.45, 7) is 11.8. The quantitative estimate of drug-likeness (QED) is 0.0406. The van der Waals surface area contributed by atoms with Gasteiger partial charge in [0.1, 0.15) is 10.7 Å². The van der Waals surface area contributed by atoms with Crippen molar-refractivity contribution in [2.24, 2.45) is 5.41 Å². The number of piperidine rings is 1. The predicted molar refractivity (Wildman–Crippen MR) is 308 cm³/mol. The largest absolute Gasteiger partial charge is 0.501 e. The van der Waals surface area contributed by atoms with Gasteiger partial charge in [-0.3, -0.25) is 29.5 Å². The third-order valence-corrected chi connectivity index (χ3v) is 19.9. The molecule has 3 fully saturated rings. The minimum Gasteiger partial charge on any atom is -0.380 e. The maximum Gasteiger partial charge on any atom is 0.501 e. The molecule has 14 nitrogen and oxygen atoms in total. The minimum absolute atomic E-state index is 0.0315. The van der Waals surface area contributed by atoms with Gasteiger partial charge in [0.25, 0.3) is 25.8 Å². The third kappa shape index (κ3) is 15.1. The van der Waals surface area contributed by atoms with Gasteiger partial charge in [0.2, 0.25) is 11.8 Å². The molecule has 3 heterocycles. The number of hydrogen-bond acceptors (Lipinski definition) is 13. The van der Waals surface area contributed by atoms with Crippen LogP contribution in [0.1, 0.15) is 85.3 Å². The minimum atomic E-state index is -6.15. The number of piperazine rings is 2. The molecule has 0 saturated carbocycles. The molecule has 0 aromatic heterocycles. The average Bonchev–Trinajstić information content (AvgIpc) is 3.62. The first-order valence-corrected chi connectivity index (χ1v) is 31.4. The molecule has 9 rings (SSSR count). The summed E-state index contributed by atoms with van der Waals surface area (Å²) in [6, 6.07) is 29.7. The summed E-state index contributed by atoms with van der Waals surface area (Å²) in [6.07, 6.45) is 3.88. The van der Waals surface area contributed by atoms with Gasteiger partial charge >= 0.3 is 5.51 Å². The summed E-state index contributed by atoms with van der Waals surface area (Å²) in [5.41, 5.74) is 0.0537. The van der Waals surface area contributed by atoms with Crippen LogP contribution in [-0.4, -0.2) is 132 Å². The first-order valence-electron chi connectivity index (χ1n) is 27.1. The fourth-order valence-corrected chi connectivity index (χ4v) is 14.2. The lowest BCUT2D eigenvalue weighted by molar-refractivity contribution is -0.134. The monoisotopic (exact) mass is 1190 g/mol. The van der Waals surface area contributed by atoms with Crippen LogP contribution < -0.4 is 20.3 Å². The fourth-order valence-electron chi connectivity index (χ4n) is 11.1. The second kappa shape index (κ2) is 25.4. The van der Waals surface area contributed by atoms with Crippen molar-refractivity contribution >= 4 is 77.9 Å². The Morgan fingerprint density at radius 3 is 2.15 bits per heavy atom. The number of alkyl halides is 3. The molecule has 1 aliphatic carbocycles. The number of amides is 3. The van der Waals surface area contributed by atoms with Crippen LogP contribution in [0, 0.1) is 11.2 Å². The zero-order valence-corrected chi connectivity index (χ0v) is 48.3. The molecular weight excluding hydrogens is 1130 g/mol. The summed E-state index contributed by atoms with van der Waals surface area (Å²) in [5, 5.41) is 6.07. The van der Waals surface area contributed by atoms with E-state index >= 15 is 0 Å². The number of sulfone groups is 1. The van der Waals surface area contributed by atoms with Crippen LogP contribution in [0.5, 0.6) is 0 Å². The normalized spacial score (nSPS) is 19.3. The van der Waals surface area contributed by atoms with Crippen molar-refractivity contribution in [3.63, 3.8) is 0 Å². The molecule has 22 heteroatoms. The Balaban J connectivity index is 0.842. The van der Waals surface area contributed by atoms with Crippen molar-refractivity contribution in [2.45, 2.75) is 91.1 Å². The van der Waals surface area contributed by atoms with Gasteiger partial charge in [0.15, 0.2) is 0 Å². The van der Waals surface area contributed by atoms with E-state index in [1.165, 1.54) is 52.7 Å². The first kappa shape index (κ1) is 59.8. The van der Waals surface area contributed by atoms with E-state index in [1.807, 2.05) is 47.2 Å². The van der Waals surface area contributed by atoms with Crippen LogP contribution in [0.2, 0.25) is 5.02 Å². The molecule has 432 valence electrons. The van der Waals surface area contributed by atoms with E-state index in [2.05, 4.69) is 56.2 Å². The SMILES string of the molecule is CC1(C)CCC(c2ccc(Cl)cc2)=C(CN2CCN(c3ccc(C(=O)NS(=O)(=O)c4ccc(N[C@H](CCN5CCN(Cc6ccc(F)cc6C6CCC(=O)NC6=O)CC5)CSc5ccccc5)c(S(=O)(=O)C(F)(F)F)c4)cc3)CC2)C1. The molecule has 3 aliphatic heterocycles. The summed E-state index contributed by atoms with van der Waals surface area (Å²) >= 11 is 7.62. The molecule has 3 amide bonds. The predicted octanol–water partition coefficient (Wildman–Crippen LogP) is 9.98. The van der Waals surface area contributed by atoms with E-state index in [0.717, 1.165) is 67.2 Å². The topological polar surface area (TPSA) is 169 Å². The number of imide groups is 1. The lowest BCUT2D eigenvalue weighted by atomic mass is 9.73. The van der Waals surface area contributed by atoms with Crippen molar-refractivity contribution in [3.8, 4) is 0 Å². The Morgan fingerprint density at radius 1 is 0.802 bits per heavy atom. The smallest absolute Gasteiger partial charge is 0.380 e. The number of halogens is 5. The molecule has 0 spiro atoms. The number of carbonyl (C=O) groups is 3. The highest BCUT2D eigenvalue weighted by molar-refractivity contribution is 7.99. The number of nitrogens with zero attached hydrogens (tertiary/aromatic N) is 4. The van der Waals surface area contributed by atoms with Crippen LogP contribution in [0.15, 0.2) is 136 Å². The summed E-state index contributed by atoms with van der Waals surface area (Å²) in [5.74, 6) is -2.73. The molecule has 3 saturated heterocycles. The summed E-state index contributed by atoms with van der Waals surface area (Å²) in [7, 11) is -11.1. The number of thioether (sulfide) groups is 1. The Kier molecular flexibility index (Phi) is 18.7. The maximum absolute atomic E-state index is 14.5. The Hall–Kier alpha value is -5.81. The number of sulfonamides is 1. The van der Waals surface area contributed by atoms with Gasteiger partial charge in [-0.25, -0.2) is 25.9 Å². The summed E-state index contributed by atoms with van der Waals surface area (Å²) < 4.78 is 114. The molecule has 5 aromatic carbocycles. The van der Waals surface area contributed by atoms with Crippen molar-refractivity contribution in [3.05, 3.63) is 154 Å². The molecular formula is C59H66ClF4N7O7S3. The highest BCUT2D eigenvalue weighted by Gasteiger charge is 2.48. The van der Waals surface area contributed by atoms with Crippen LogP contribution in [0.4, 0.5) is 28.9 Å². The standard InChI is InChI=1S/C59H66ClF4N7O7S3/c1-58(2)24-22-50(40-8-13-44(60)14-9-40)43(36-58)38-70-30-32-71(33-31-70)47-16-11-41(12-17-47)56(73)67-81(77,78)49-18-20-53(54(35-49)80(75,76)59(62,63)64)65-46(39-79-48-6-4-3-5-7-48)23-25-68-26-28-69(29-27-68)37-42-10-15-45(61)34-52(42)51-19-21-55(72)66-57(51)74/h3-18,20,34-35,46,51,65H,19,21-33,36-39H2,1-2H3,(H,67,73)(H,66,72,74)/t46-,51?/m1/s1. The molecule has 5 aromatic rings. The second-order valence-corrected chi connectivity index (χ2v) is 27.1. The van der Waals surface area contributed by atoms with E-state index in [4.69, 9.17) is 11.6 Å². The van der Waals surface area contributed by atoms with Gasteiger partial charge in [-0.05, 0) is 139 Å². The number of carbonyl (C=O) groups excluding carboxylic acids is 3. The Morgan fingerprint density at radius 2 is 1.47 bits per heavy atom. The van der Waals surface area contributed by atoms with Gasteiger partial charge < -0.3 is 15.1 Å². The molecule has 0 radical (unpaired) electrons. The molecule has 0 bridgehead atoms. The highest BCUT2D eigenvalue weighted by atomic mass is 35.5. The van der Waals surface area contributed by atoms with Crippen LogP contribution in [0.25, 0.3) is 5.57 Å². The van der Waals surface area contributed by atoms with Gasteiger partial charge in [-0.15, -0.1) is 11.8 Å². The van der Waals surface area contributed by atoms with E-state index < -0.39 is 70.4 Å². The average molecular weight is 1190 g/mol.